The molecule has 0 unspecified atom stereocenters. The quantitative estimate of drug-likeness (QED) is 0.655. The lowest BCUT2D eigenvalue weighted by Gasteiger charge is -2.04. The number of aromatic nitrogens is 1. The van der Waals surface area contributed by atoms with Crippen LogP contribution in [0.4, 0.5) is 5.69 Å². The highest BCUT2D eigenvalue weighted by Gasteiger charge is 2.01. The van der Waals surface area contributed by atoms with Gasteiger partial charge in [-0.3, -0.25) is 4.98 Å². The van der Waals surface area contributed by atoms with E-state index in [0.29, 0.717) is 11.4 Å². The van der Waals surface area contributed by atoms with E-state index in [1.807, 2.05) is 26.0 Å². The van der Waals surface area contributed by atoms with Crippen LogP contribution in [-0.4, -0.2) is 4.98 Å². The van der Waals surface area contributed by atoms with E-state index >= 15 is 0 Å². The second-order valence-electron chi connectivity index (χ2n) is 2.68. The van der Waals surface area contributed by atoms with Gasteiger partial charge in [0, 0.05) is 0 Å². The molecule has 0 saturated carbocycles. The number of pyridine rings is 1. The molecule has 0 spiro atoms. The van der Waals surface area contributed by atoms with Gasteiger partial charge in [-0.1, -0.05) is 6.08 Å². The Morgan fingerprint density at radius 2 is 2.25 bits per heavy atom. The molecule has 1 aromatic heterocycles. The molecule has 1 aromatic rings. The molecular formula is C9H13N3. The van der Waals surface area contributed by atoms with E-state index < -0.39 is 0 Å². The molecule has 0 aliphatic carbocycles. The fourth-order valence-electron chi connectivity index (χ4n) is 1.04. The van der Waals surface area contributed by atoms with Crippen LogP contribution in [0, 0.1) is 6.92 Å². The standard InChI is InChI=1S/C9H13N3/c1-3-8(11)9-6(2)4-7(10)5-12-9/h3-5H,10-11H2,1-2H3/b8-3-. The Kier molecular flexibility index (Phi) is 2.33. The van der Waals surface area contributed by atoms with Crippen LogP contribution >= 0.6 is 0 Å². The lowest BCUT2D eigenvalue weighted by atomic mass is 10.1. The van der Waals surface area contributed by atoms with Crippen molar-refractivity contribution in [2.45, 2.75) is 13.8 Å². The highest BCUT2D eigenvalue weighted by atomic mass is 14.8. The molecular weight excluding hydrogens is 150 g/mol. The predicted octanol–water partition coefficient (Wildman–Crippen LogP) is 1.29. The van der Waals surface area contributed by atoms with Gasteiger partial charge >= 0.3 is 0 Å². The number of rotatable bonds is 1. The maximum absolute atomic E-state index is 5.70. The van der Waals surface area contributed by atoms with Crippen LogP contribution in [0.1, 0.15) is 18.2 Å². The van der Waals surface area contributed by atoms with Crippen LogP contribution in [0.15, 0.2) is 18.3 Å². The van der Waals surface area contributed by atoms with Crippen molar-refractivity contribution < 1.29 is 0 Å². The average molecular weight is 163 g/mol. The molecule has 0 aromatic carbocycles. The number of nitrogens with zero attached hydrogens (tertiary/aromatic N) is 1. The summed E-state index contributed by atoms with van der Waals surface area (Å²) in [5, 5.41) is 0. The van der Waals surface area contributed by atoms with Crippen molar-refractivity contribution in [2.24, 2.45) is 5.73 Å². The Labute approximate surface area is 72.1 Å². The number of nitrogens with two attached hydrogens (primary N) is 2. The lowest BCUT2D eigenvalue weighted by Crippen LogP contribution is -2.02. The third-order valence-corrected chi connectivity index (χ3v) is 1.68. The topological polar surface area (TPSA) is 64.9 Å². The summed E-state index contributed by atoms with van der Waals surface area (Å²) < 4.78 is 0. The molecule has 4 N–H and O–H groups in total. The first-order valence-electron chi connectivity index (χ1n) is 3.79. The van der Waals surface area contributed by atoms with Crippen LogP contribution in [0.25, 0.3) is 5.70 Å². The van der Waals surface area contributed by atoms with E-state index in [0.717, 1.165) is 11.3 Å². The Morgan fingerprint density at radius 3 is 2.75 bits per heavy atom. The molecule has 0 atom stereocenters. The third-order valence-electron chi connectivity index (χ3n) is 1.68. The first-order valence-corrected chi connectivity index (χ1v) is 3.79. The number of hydrogen-bond donors (Lipinski definition) is 2. The molecule has 1 rings (SSSR count). The Balaban J connectivity index is 3.18. The molecule has 64 valence electrons. The number of hydrogen-bond acceptors (Lipinski definition) is 3. The molecule has 0 fully saturated rings. The number of aryl methyl sites for hydroxylation is 1. The van der Waals surface area contributed by atoms with Gasteiger partial charge in [-0.15, -0.1) is 0 Å². The van der Waals surface area contributed by atoms with Gasteiger partial charge < -0.3 is 11.5 Å². The molecule has 0 aliphatic heterocycles. The van der Waals surface area contributed by atoms with Gasteiger partial charge in [-0.2, -0.15) is 0 Å². The Hall–Kier alpha value is -1.51. The fraction of sp³-hybridized carbons (Fsp3) is 0.222. The second kappa shape index (κ2) is 3.26. The predicted molar refractivity (Wildman–Crippen MR) is 51.2 cm³/mol. The molecule has 3 nitrogen and oxygen atoms in total. The largest absolute Gasteiger partial charge is 0.397 e. The normalized spacial score (nSPS) is 11.7. The van der Waals surface area contributed by atoms with Gasteiger partial charge in [-0.05, 0) is 25.5 Å². The second-order valence-corrected chi connectivity index (χ2v) is 2.68. The van der Waals surface area contributed by atoms with Crippen LogP contribution in [-0.2, 0) is 0 Å². The van der Waals surface area contributed by atoms with Crippen LogP contribution in [0.2, 0.25) is 0 Å². The minimum absolute atomic E-state index is 0.667. The van der Waals surface area contributed by atoms with E-state index in [9.17, 15) is 0 Å². The lowest BCUT2D eigenvalue weighted by molar-refractivity contribution is 1.20. The summed E-state index contributed by atoms with van der Waals surface area (Å²) in [7, 11) is 0. The van der Waals surface area contributed by atoms with Gasteiger partial charge in [-0.25, -0.2) is 0 Å². The van der Waals surface area contributed by atoms with Crippen LogP contribution < -0.4 is 11.5 Å². The smallest absolute Gasteiger partial charge is 0.0886 e. The summed E-state index contributed by atoms with van der Waals surface area (Å²) in [6, 6.07) is 1.86. The molecule has 0 amide bonds. The molecule has 12 heavy (non-hydrogen) atoms. The van der Waals surface area contributed by atoms with Crippen molar-refractivity contribution in [1.29, 1.82) is 0 Å². The maximum atomic E-state index is 5.70. The van der Waals surface area contributed by atoms with Crippen LogP contribution in [0.3, 0.4) is 0 Å². The van der Waals surface area contributed by atoms with Crippen molar-refractivity contribution in [3.63, 3.8) is 0 Å². The van der Waals surface area contributed by atoms with E-state index in [2.05, 4.69) is 4.98 Å². The van der Waals surface area contributed by atoms with Crippen molar-refractivity contribution >= 4 is 11.4 Å². The summed E-state index contributed by atoms with van der Waals surface area (Å²) in [6.07, 6.45) is 3.43. The minimum Gasteiger partial charge on any atom is -0.397 e. The molecule has 1 heterocycles. The van der Waals surface area contributed by atoms with E-state index in [-0.39, 0.29) is 0 Å². The summed E-state index contributed by atoms with van der Waals surface area (Å²) >= 11 is 0. The summed E-state index contributed by atoms with van der Waals surface area (Å²) in [6.45, 7) is 3.82. The first-order chi connectivity index (χ1) is 5.65. The molecule has 0 aliphatic rings. The summed E-state index contributed by atoms with van der Waals surface area (Å²) in [5.74, 6) is 0. The van der Waals surface area contributed by atoms with Gasteiger partial charge in [0.25, 0.3) is 0 Å². The monoisotopic (exact) mass is 163 g/mol. The summed E-state index contributed by atoms with van der Waals surface area (Å²) in [4.78, 5) is 4.13. The summed E-state index contributed by atoms with van der Waals surface area (Å²) in [5.41, 5.74) is 14.4. The maximum Gasteiger partial charge on any atom is 0.0886 e. The zero-order chi connectivity index (χ0) is 9.14. The van der Waals surface area contributed by atoms with Gasteiger partial charge in [0.1, 0.15) is 0 Å². The fourth-order valence-corrected chi connectivity index (χ4v) is 1.04. The average Bonchev–Trinajstić information content (AvgIpc) is 2.03. The van der Waals surface area contributed by atoms with E-state index in [1.54, 1.807) is 6.20 Å². The zero-order valence-corrected chi connectivity index (χ0v) is 7.33. The van der Waals surface area contributed by atoms with Crippen molar-refractivity contribution in [3.8, 4) is 0 Å². The molecule has 0 saturated heterocycles. The Morgan fingerprint density at radius 1 is 1.58 bits per heavy atom. The Bertz CT molecular complexity index is 316. The third kappa shape index (κ3) is 1.56. The van der Waals surface area contributed by atoms with Crippen LogP contribution in [0.5, 0.6) is 0 Å². The van der Waals surface area contributed by atoms with Crippen molar-refractivity contribution in [1.82, 2.24) is 4.98 Å². The zero-order valence-electron chi connectivity index (χ0n) is 7.33. The molecule has 0 bridgehead atoms. The van der Waals surface area contributed by atoms with Gasteiger partial charge in [0.05, 0.1) is 23.3 Å². The molecule has 0 radical (unpaired) electrons. The first kappa shape index (κ1) is 8.59. The molecule has 3 heteroatoms. The number of anilines is 1. The van der Waals surface area contributed by atoms with E-state index in [4.69, 9.17) is 11.5 Å². The van der Waals surface area contributed by atoms with Crippen molar-refractivity contribution in [3.05, 3.63) is 29.6 Å². The number of nitrogen functional groups attached to an aromatic ring is 1. The van der Waals surface area contributed by atoms with Gasteiger partial charge in [0.15, 0.2) is 0 Å². The SMILES string of the molecule is C/C=C(\N)c1ncc(N)cc1C. The van der Waals surface area contributed by atoms with Crippen molar-refractivity contribution in [2.75, 3.05) is 5.73 Å². The number of allylic oxidation sites excluding steroid dienone is 1. The van der Waals surface area contributed by atoms with E-state index in [1.165, 1.54) is 0 Å². The highest BCUT2D eigenvalue weighted by molar-refractivity contribution is 5.63. The minimum atomic E-state index is 0.667. The highest BCUT2D eigenvalue weighted by Crippen LogP contribution is 2.13. The van der Waals surface area contributed by atoms with Gasteiger partial charge in [0.2, 0.25) is 0 Å².